The Labute approximate surface area is 98.1 Å². The second-order valence-corrected chi connectivity index (χ2v) is 4.14. The van der Waals surface area contributed by atoms with Gasteiger partial charge in [-0.05, 0) is 31.1 Å². The van der Waals surface area contributed by atoms with E-state index >= 15 is 0 Å². The Kier molecular flexibility index (Phi) is 3.81. The molecule has 1 aromatic rings. The first-order chi connectivity index (χ1) is 7.92. The van der Waals surface area contributed by atoms with Crippen molar-refractivity contribution >= 4 is 5.69 Å². The first-order valence-corrected chi connectivity index (χ1v) is 6.10. The zero-order valence-electron chi connectivity index (χ0n) is 9.89. The van der Waals surface area contributed by atoms with E-state index in [9.17, 15) is 0 Å². The molecule has 1 aliphatic rings. The Balaban J connectivity index is 2.14. The van der Waals surface area contributed by atoms with Crippen LogP contribution in [0.25, 0.3) is 0 Å². The number of benzene rings is 1. The predicted molar refractivity (Wildman–Crippen MR) is 70.5 cm³/mol. The fraction of sp³-hybridized carbons (Fsp3) is 0.333. The molecule has 0 saturated heterocycles. The first kappa shape index (κ1) is 11.0. The number of hydrogen-bond acceptors (Lipinski definition) is 1. The number of nitrogens with zero attached hydrogens (tertiary/aromatic N) is 1. The highest BCUT2D eigenvalue weighted by molar-refractivity contribution is 5.54. The zero-order chi connectivity index (χ0) is 11.2. The van der Waals surface area contributed by atoms with Gasteiger partial charge < -0.3 is 4.90 Å². The van der Waals surface area contributed by atoms with Gasteiger partial charge in [0.15, 0.2) is 0 Å². The summed E-state index contributed by atoms with van der Waals surface area (Å²) < 4.78 is 0. The topological polar surface area (TPSA) is 3.24 Å². The minimum atomic E-state index is 1.000. The van der Waals surface area contributed by atoms with Gasteiger partial charge in [-0.25, -0.2) is 0 Å². The standard InChI is InChI=1S/C15H19N/c1-2-3-9-14-12-7-8-13-16(14)15-10-5-4-6-11-15/h4-8,10-12H,2-3,9,13H2,1H3. The lowest BCUT2D eigenvalue weighted by atomic mass is 10.1. The van der Waals surface area contributed by atoms with Crippen molar-refractivity contribution in [2.24, 2.45) is 0 Å². The van der Waals surface area contributed by atoms with Crippen LogP contribution in [0.2, 0.25) is 0 Å². The summed E-state index contributed by atoms with van der Waals surface area (Å²) in [6, 6.07) is 10.6. The second kappa shape index (κ2) is 5.55. The third-order valence-electron chi connectivity index (χ3n) is 2.91. The Hall–Kier alpha value is -1.50. The maximum Gasteiger partial charge on any atom is 0.0411 e. The molecule has 0 spiro atoms. The molecule has 1 heterocycles. The summed E-state index contributed by atoms with van der Waals surface area (Å²) in [5.41, 5.74) is 2.74. The van der Waals surface area contributed by atoms with Crippen molar-refractivity contribution in [3.05, 3.63) is 54.3 Å². The van der Waals surface area contributed by atoms with Gasteiger partial charge in [0.05, 0.1) is 0 Å². The quantitative estimate of drug-likeness (QED) is 0.726. The van der Waals surface area contributed by atoms with E-state index in [1.165, 1.54) is 30.6 Å². The molecule has 0 radical (unpaired) electrons. The van der Waals surface area contributed by atoms with E-state index in [-0.39, 0.29) is 0 Å². The van der Waals surface area contributed by atoms with Crippen molar-refractivity contribution in [3.63, 3.8) is 0 Å². The van der Waals surface area contributed by atoms with Crippen LogP contribution in [0.3, 0.4) is 0 Å². The normalized spacial score (nSPS) is 15.1. The van der Waals surface area contributed by atoms with Crippen LogP contribution in [-0.4, -0.2) is 6.54 Å². The molecule has 0 aliphatic carbocycles. The van der Waals surface area contributed by atoms with Crippen molar-refractivity contribution in [3.8, 4) is 0 Å². The first-order valence-electron chi connectivity index (χ1n) is 6.10. The molecule has 1 aromatic carbocycles. The average molecular weight is 213 g/mol. The Morgan fingerprint density at radius 3 is 2.75 bits per heavy atom. The zero-order valence-corrected chi connectivity index (χ0v) is 9.89. The van der Waals surface area contributed by atoms with E-state index in [1.54, 1.807) is 0 Å². The summed E-state index contributed by atoms with van der Waals surface area (Å²) in [6.45, 7) is 3.24. The van der Waals surface area contributed by atoms with E-state index < -0.39 is 0 Å². The fourth-order valence-corrected chi connectivity index (χ4v) is 2.01. The van der Waals surface area contributed by atoms with Crippen molar-refractivity contribution in [2.45, 2.75) is 26.2 Å². The van der Waals surface area contributed by atoms with Gasteiger partial charge in [-0.2, -0.15) is 0 Å². The van der Waals surface area contributed by atoms with Crippen molar-refractivity contribution in [2.75, 3.05) is 11.4 Å². The number of para-hydroxylation sites is 1. The largest absolute Gasteiger partial charge is 0.341 e. The van der Waals surface area contributed by atoms with E-state index in [1.807, 2.05) is 0 Å². The molecular weight excluding hydrogens is 194 g/mol. The summed E-state index contributed by atoms with van der Waals surface area (Å²) >= 11 is 0. The number of unbranched alkanes of at least 4 members (excludes halogenated alkanes) is 1. The lowest BCUT2D eigenvalue weighted by Crippen LogP contribution is -2.24. The molecule has 16 heavy (non-hydrogen) atoms. The molecule has 0 fully saturated rings. The van der Waals surface area contributed by atoms with Crippen LogP contribution in [0, 0.1) is 0 Å². The maximum absolute atomic E-state index is 2.40. The van der Waals surface area contributed by atoms with Gasteiger partial charge in [0.1, 0.15) is 0 Å². The third-order valence-corrected chi connectivity index (χ3v) is 2.91. The van der Waals surface area contributed by atoms with Crippen molar-refractivity contribution in [1.29, 1.82) is 0 Å². The Morgan fingerprint density at radius 1 is 1.19 bits per heavy atom. The average Bonchev–Trinajstić information content (AvgIpc) is 2.38. The van der Waals surface area contributed by atoms with Crippen molar-refractivity contribution < 1.29 is 0 Å². The minimum Gasteiger partial charge on any atom is -0.341 e. The van der Waals surface area contributed by atoms with Crippen LogP contribution < -0.4 is 4.90 Å². The molecule has 0 bridgehead atoms. The summed E-state index contributed by atoms with van der Waals surface area (Å²) in [5, 5.41) is 0. The van der Waals surface area contributed by atoms with Crippen LogP contribution in [0.4, 0.5) is 5.69 Å². The molecule has 0 saturated carbocycles. The smallest absolute Gasteiger partial charge is 0.0411 e. The van der Waals surface area contributed by atoms with Crippen LogP contribution in [-0.2, 0) is 0 Å². The van der Waals surface area contributed by atoms with Gasteiger partial charge in [0, 0.05) is 17.9 Å². The van der Waals surface area contributed by atoms with Gasteiger partial charge in [-0.1, -0.05) is 43.7 Å². The fourth-order valence-electron chi connectivity index (χ4n) is 2.01. The summed E-state index contributed by atoms with van der Waals surface area (Å²) in [6.07, 6.45) is 10.3. The van der Waals surface area contributed by atoms with Gasteiger partial charge in [0.25, 0.3) is 0 Å². The minimum absolute atomic E-state index is 1.000. The molecule has 1 aliphatic heterocycles. The van der Waals surface area contributed by atoms with Crippen LogP contribution in [0.5, 0.6) is 0 Å². The molecule has 1 nitrogen and oxygen atoms in total. The predicted octanol–water partition coefficient (Wildman–Crippen LogP) is 4.14. The summed E-state index contributed by atoms with van der Waals surface area (Å²) in [7, 11) is 0. The lowest BCUT2D eigenvalue weighted by Gasteiger charge is -2.28. The molecule has 0 atom stereocenters. The highest BCUT2D eigenvalue weighted by Crippen LogP contribution is 2.24. The van der Waals surface area contributed by atoms with E-state index in [0.717, 1.165) is 6.54 Å². The molecule has 0 N–H and O–H groups in total. The Morgan fingerprint density at radius 2 is 2.00 bits per heavy atom. The van der Waals surface area contributed by atoms with Gasteiger partial charge in [-0.3, -0.25) is 0 Å². The second-order valence-electron chi connectivity index (χ2n) is 4.14. The molecule has 2 rings (SSSR count). The molecule has 0 unspecified atom stereocenters. The third kappa shape index (κ3) is 2.54. The molecule has 1 heteroatoms. The Bertz CT molecular complexity index is 376. The molecule has 0 aromatic heterocycles. The van der Waals surface area contributed by atoms with E-state index in [0.29, 0.717) is 0 Å². The molecule has 84 valence electrons. The van der Waals surface area contributed by atoms with Gasteiger partial charge in [-0.15, -0.1) is 0 Å². The van der Waals surface area contributed by atoms with Crippen LogP contribution in [0.1, 0.15) is 26.2 Å². The summed E-state index contributed by atoms with van der Waals surface area (Å²) in [5.74, 6) is 0. The highest BCUT2D eigenvalue weighted by atomic mass is 15.1. The molecule has 0 amide bonds. The molecular formula is C15H19N. The van der Waals surface area contributed by atoms with Crippen LogP contribution >= 0.6 is 0 Å². The number of rotatable bonds is 4. The summed E-state index contributed by atoms with van der Waals surface area (Å²) in [4.78, 5) is 2.40. The number of anilines is 1. The highest BCUT2D eigenvalue weighted by Gasteiger charge is 2.11. The number of allylic oxidation sites excluding steroid dienone is 3. The SMILES string of the molecule is CCCCC1=CC=CCN1c1ccccc1. The van der Waals surface area contributed by atoms with Crippen LogP contribution in [0.15, 0.2) is 54.3 Å². The van der Waals surface area contributed by atoms with Gasteiger partial charge >= 0.3 is 0 Å². The lowest BCUT2D eigenvalue weighted by molar-refractivity contribution is 0.756. The maximum atomic E-state index is 2.40. The van der Waals surface area contributed by atoms with Gasteiger partial charge in [0.2, 0.25) is 0 Å². The number of hydrogen-bond donors (Lipinski definition) is 0. The van der Waals surface area contributed by atoms with E-state index in [4.69, 9.17) is 0 Å². The monoisotopic (exact) mass is 213 g/mol. The van der Waals surface area contributed by atoms with E-state index in [2.05, 4.69) is 60.4 Å². The van der Waals surface area contributed by atoms with Crippen molar-refractivity contribution in [1.82, 2.24) is 0 Å².